The second-order valence-electron chi connectivity index (χ2n) is 3.52. The summed E-state index contributed by atoms with van der Waals surface area (Å²) in [5.41, 5.74) is 8.27. The second-order valence-corrected chi connectivity index (χ2v) is 3.52. The summed E-state index contributed by atoms with van der Waals surface area (Å²) in [5, 5.41) is 4.40. The minimum atomic E-state index is 0.679. The monoisotopic (exact) mass is 165 g/mol. The van der Waals surface area contributed by atoms with Gasteiger partial charge in [0.2, 0.25) is 0 Å². The summed E-state index contributed by atoms with van der Waals surface area (Å²) in [6.45, 7) is 0.791. The highest BCUT2D eigenvalue weighted by Crippen LogP contribution is 2.33. The molecule has 0 aliphatic heterocycles. The molecule has 1 heterocycles. The molecule has 66 valence electrons. The first-order valence-corrected chi connectivity index (χ1v) is 4.53. The Morgan fingerprint density at radius 3 is 3.33 bits per heavy atom. The van der Waals surface area contributed by atoms with Gasteiger partial charge < -0.3 is 5.73 Å². The molecule has 3 heteroatoms. The van der Waals surface area contributed by atoms with E-state index in [9.17, 15) is 0 Å². The highest BCUT2D eigenvalue weighted by atomic mass is 15.3. The zero-order valence-corrected chi connectivity index (χ0v) is 7.45. The molecule has 12 heavy (non-hydrogen) atoms. The van der Waals surface area contributed by atoms with E-state index < -0.39 is 0 Å². The lowest BCUT2D eigenvalue weighted by Gasteiger charge is -2.06. The Morgan fingerprint density at radius 1 is 1.75 bits per heavy atom. The summed E-state index contributed by atoms with van der Waals surface area (Å²) in [6, 6.07) is 0. The Bertz CT molecular complexity index is 277. The molecule has 1 atom stereocenters. The van der Waals surface area contributed by atoms with E-state index in [-0.39, 0.29) is 0 Å². The number of nitrogens with two attached hydrogens (primary N) is 1. The average molecular weight is 165 g/mol. The van der Waals surface area contributed by atoms with Crippen molar-refractivity contribution in [3.8, 4) is 0 Å². The van der Waals surface area contributed by atoms with Gasteiger partial charge in [0, 0.05) is 13.2 Å². The Labute approximate surface area is 72.6 Å². The van der Waals surface area contributed by atoms with Crippen LogP contribution in [0.3, 0.4) is 0 Å². The normalized spacial score (nSPS) is 21.3. The van der Waals surface area contributed by atoms with Gasteiger partial charge in [0.05, 0.1) is 5.69 Å². The lowest BCUT2D eigenvalue weighted by atomic mass is 10.0. The molecule has 1 aromatic heterocycles. The van der Waals surface area contributed by atoms with E-state index in [0.29, 0.717) is 5.92 Å². The summed E-state index contributed by atoms with van der Waals surface area (Å²) in [5.74, 6) is 0.679. The summed E-state index contributed by atoms with van der Waals surface area (Å²) < 4.78 is 1.91. The van der Waals surface area contributed by atoms with Crippen LogP contribution in [0.1, 0.15) is 30.0 Å². The lowest BCUT2D eigenvalue weighted by Crippen LogP contribution is -2.04. The summed E-state index contributed by atoms with van der Waals surface area (Å²) in [6.07, 6.45) is 5.64. The van der Waals surface area contributed by atoms with Crippen LogP contribution in [0.25, 0.3) is 0 Å². The van der Waals surface area contributed by atoms with Crippen molar-refractivity contribution >= 4 is 0 Å². The van der Waals surface area contributed by atoms with Crippen molar-refractivity contribution in [3.63, 3.8) is 0 Å². The SMILES string of the molecule is Cn1cc2c(n1)CCC2CCN. The lowest BCUT2D eigenvalue weighted by molar-refractivity contribution is 0.613. The number of fused-ring (bicyclic) bond motifs is 1. The van der Waals surface area contributed by atoms with Crippen LogP contribution in [0.5, 0.6) is 0 Å². The van der Waals surface area contributed by atoms with Crippen molar-refractivity contribution in [2.24, 2.45) is 12.8 Å². The average Bonchev–Trinajstić information content (AvgIpc) is 2.52. The predicted molar refractivity (Wildman–Crippen MR) is 47.9 cm³/mol. The van der Waals surface area contributed by atoms with Gasteiger partial charge in [0.1, 0.15) is 0 Å². The van der Waals surface area contributed by atoms with Crippen molar-refractivity contribution in [2.75, 3.05) is 6.54 Å². The molecule has 1 aromatic rings. The van der Waals surface area contributed by atoms with Gasteiger partial charge in [-0.05, 0) is 37.3 Å². The maximum atomic E-state index is 5.55. The van der Waals surface area contributed by atoms with Crippen molar-refractivity contribution in [1.82, 2.24) is 9.78 Å². The second kappa shape index (κ2) is 2.90. The Hall–Kier alpha value is -0.830. The van der Waals surface area contributed by atoms with Gasteiger partial charge in [-0.15, -0.1) is 0 Å². The third-order valence-electron chi connectivity index (χ3n) is 2.62. The van der Waals surface area contributed by atoms with Crippen LogP contribution in [0, 0.1) is 0 Å². The molecule has 2 N–H and O–H groups in total. The van der Waals surface area contributed by atoms with E-state index in [1.807, 2.05) is 11.7 Å². The van der Waals surface area contributed by atoms with E-state index in [0.717, 1.165) is 19.4 Å². The third kappa shape index (κ3) is 1.14. The van der Waals surface area contributed by atoms with E-state index in [1.54, 1.807) is 0 Å². The van der Waals surface area contributed by atoms with Gasteiger partial charge in [0.25, 0.3) is 0 Å². The first-order valence-electron chi connectivity index (χ1n) is 4.53. The minimum Gasteiger partial charge on any atom is -0.330 e. The highest BCUT2D eigenvalue weighted by molar-refractivity contribution is 5.27. The fourth-order valence-corrected chi connectivity index (χ4v) is 2.06. The van der Waals surface area contributed by atoms with E-state index >= 15 is 0 Å². The topological polar surface area (TPSA) is 43.8 Å². The fraction of sp³-hybridized carbons (Fsp3) is 0.667. The van der Waals surface area contributed by atoms with Crippen LogP contribution >= 0.6 is 0 Å². The maximum Gasteiger partial charge on any atom is 0.0659 e. The summed E-state index contributed by atoms with van der Waals surface area (Å²) >= 11 is 0. The predicted octanol–water partition coefficient (Wildman–Crippen LogP) is 0.799. The van der Waals surface area contributed by atoms with Crippen LogP contribution in [0.4, 0.5) is 0 Å². The quantitative estimate of drug-likeness (QED) is 0.704. The molecule has 0 saturated heterocycles. The first kappa shape index (κ1) is 7.80. The summed E-state index contributed by atoms with van der Waals surface area (Å²) in [7, 11) is 1.98. The van der Waals surface area contributed by atoms with E-state index in [1.165, 1.54) is 17.7 Å². The van der Waals surface area contributed by atoms with Crippen molar-refractivity contribution < 1.29 is 0 Å². The van der Waals surface area contributed by atoms with Crippen LogP contribution in [-0.4, -0.2) is 16.3 Å². The third-order valence-corrected chi connectivity index (χ3v) is 2.62. The fourth-order valence-electron chi connectivity index (χ4n) is 2.06. The number of nitrogens with zero attached hydrogens (tertiary/aromatic N) is 2. The molecule has 0 aromatic carbocycles. The molecule has 1 aliphatic carbocycles. The zero-order chi connectivity index (χ0) is 8.55. The van der Waals surface area contributed by atoms with Gasteiger partial charge in [-0.3, -0.25) is 4.68 Å². The zero-order valence-electron chi connectivity index (χ0n) is 7.45. The van der Waals surface area contributed by atoms with Crippen LogP contribution in [-0.2, 0) is 13.5 Å². The molecule has 0 bridgehead atoms. The van der Waals surface area contributed by atoms with Gasteiger partial charge >= 0.3 is 0 Å². The number of hydrogen-bond donors (Lipinski definition) is 1. The number of hydrogen-bond acceptors (Lipinski definition) is 2. The largest absolute Gasteiger partial charge is 0.330 e. The van der Waals surface area contributed by atoms with Gasteiger partial charge in [-0.1, -0.05) is 0 Å². The number of rotatable bonds is 2. The van der Waals surface area contributed by atoms with Gasteiger partial charge in [-0.2, -0.15) is 5.10 Å². The number of aromatic nitrogens is 2. The molecule has 0 spiro atoms. The minimum absolute atomic E-state index is 0.679. The van der Waals surface area contributed by atoms with Crippen molar-refractivity contribution in [1.29, 1.82) is 0 Å². The summed E-state index contributed by atoms with van der Waals surface area (Å²) in [4.78, 5) is 0. The highest BCUT2D eigenvalue weighted by Gasteiger charge is 2.24. The molecular weight excluding hydrogens is 150 g/mol. The standard InChI is InChI=1S/C9H15N3/c1-12-6-8-7(4-5-10)2-3-9(8)11-12/h6-7H,2-5,10H2,1H3. The van der Waals surface area contributed by atoms with Crippen molar-refractivity contribution in [3.05, 3.63) is 17.5 Å². The first-order chi connectivity index (χ1) is 5.81. The Morgan fingerprint density at radius 2 is 2.58 bits per heavy atom. The van der Waals surface area contributed by atoms with E-state index in [2.05, 4.69) is 11.3 Å². The molecule has 1 unspecified atom stereocenters. The molecule has 0 amide bonds. The molecule has 1 aliphatic rings. The van der Waals surface area contributed by atoms with Crippen LogP contribution in [0.2, 0.25) is 0 Å². The molecule has 3 nitrogen and oxygen atoms in total. The van der Waals surface area contributed by atoms with E-state index in [4.69, 9.17) is 5.73 Å². The number of aryl methyl sites for hydroxylation is 2. The van der Waals surface area contributed by atoms with Crippen LogP contribution < -0.4 is 5.73 Å². The molecule has 0 fully saturated rings. The Kier molecular flexibility index (Phi) is 1.89. The molecule has 0 saturated carbocycles. The smallest absolute Gasteiger partial charge is 0.0659 e. The van der Waals surface area contributed by atoms with Crippen molar-refractivity contribution in [2.45, 2.75) is 25.2 Å². The van der Waals surface area contributed by atoms with Gasteiger partial charge in [-0.25, -0.2) is 0 Å². The van der Waals surface area contributed by atoms with Crippen LogP contribution in [0.15, 0.2) is 6.20 Å². The maximum absolute atomic E-state index is 5.55. The molecule has 0 radical (unpaired) electrons. The molecular formula is C9H15N3. The molecule has 2 rings (SSSR count). The van der Waals surface area contributed by atoms with Gasteiger partial charge in [0.15, 0.2) is 0 Å². The Balaban J connectivity index is 2.22.